The third kappa shape index (κ3) is 5.13. The van der Waals surface area contributed by atoms with E-state index in [2.05, 4.69) is 0 Å². The Kier molecular flexibility index (Phi) is 7.14. The van der Waals surface area contributed by atoms with Crippen molar-refractivity contribution in [2.24, 2.45) is 0 Å². The van der Waals surface area contributed by atoms with Gasteiger partial charge in [0.15, 0.2) is 5.78 Å². The van der Waals surface area contributed by atoms with Gasteiger partial charge in [-0.05, 0) is 31.5 Å². The molecule has 0 aliphatic rings. The largest absolute Gasteiger partial charge is 0.507 e. The first-order chi connectivity index (χ1) is 12.0. The number of ether oxygens (including phenoxy) is 2. The molecular formula is C20H23ClO4. The number of phenolic OH excluding ortho intramolecular Hbond substituents is 1. The fourth-order valence-corrected chi connectivity index (χ4v) is 2.80. The second-order valence-corrected chi connectivity index (χ2v) is 6.14. The number of aromatic hydroxyl groups is 1. The zero-order valence-corrected chi connectivity index (χ0v) is 15.3. The number of hydrogen-bond acceptors (Lipinski definition) is 4. The van der Waals surface area contributed by atoms with Crippen LogP contribution in [-0.4, -0.2) is 24.1 Å². The van der Waals surface area contributed by atoms with E-state index in [4.69, 9.17) is 21.1 Å². The van der Waals surface area contributed by atoms with Crippen LogP contribution in [-0.2, 0) is 6.42 Å². The Balaban J connectivity index is 2.00. The highest BCUT2D eigenvalue weighted by atomic mass is 35.5. The molecule has 0 aliphatic carbocycles. The number of phenols is 1. The van der Waals surface area contributed by atoms with Gasteiger partial charge in [-0.2, -0.15) is 0 Å². The third-order valence-corrected chi connectivity index (χ3v) is 4.01. The van der Waals surface area contributed by atoms with E-state index in [1.807, 2.05) is 37.3 Å². The van der Waals surface area contributed by atoms with E-state index >= 15 is 0 Å². The van der Waals surface area contributed by atoms with Crippen LogP contribution in [0.3, 0.4) is 0 Å². The van der Waals surface area contributed by atoms with Gasteiger partial charge >= 0.3 is 0 Å². The van der Waals surface area contributed by atoms with Crippen LogP contribution >= 0.6 is 11.6 Å². The summed E-state index contributed by atoms with van der Waals surface area (Å²) >= 11 is 6.28. The van der Waals surface area contributed by atoms with Crippen molar-refractivity contribution in [3.63, 3.8) is 0 Å². The number of carbonyl (C=O) groups is 1. The van der Waals surface area contributed by atoms with E-state index in [0.29, 0.717) is 42.4 Å². The van der Waals surface area contributed by atoms with Crippen LogP contribution in [0.15, 0.2) is 36.4 Å². The molecule has 5 heteroatoms. The van der Waals surface area contributed by atoms with Crippen molar-refractivity contribution in [1.82, 2.24) is 0 Å². The normalized spacial score (nSPS) is 10.5. The zero-order valence-electron chi connectivity index (χ0n) is 14.5. The maximum absolute atomic E-state index is 11.6. The molecule has 0 fully saturated rings. The van der Waals surface area contributed by atoms with Gasteiger partial charge in [0.25, 0.3) is 0 Å². The van der Waals surface area contributed by atoms with Gasteiger partial charge in [0, 0.05) is 12.0 Å². The summed E-state index contributed by atoms with van der Waals surface area (Å²) in [6.45, 7) is 4.32. The fraction of sp³-hybridized carbons (Fsp3) is 0.350. The number of para-hydroxylation sites is 1. The quantitative estimate of drug-likeness (QED) is 0.501. The molecule has 0 aliphatic heterocycles. The number of hydrogen-bond donors (Lipinski definition) is 1. The second-order valence-electron chi connectivity index (χ2n) is 5.73. The van der Waals surface area contributed by atoms with E-state index < -0.39 is 0 Å². The molecule has 0 saturated carbocycles. The molecule has 2 aromatic carbocycles. The SMILES string of the molecule is CCCc1c(O)c(C(C)=O)cc(Cl)c1OCCCOc1ccccc1. The zero-order chi connectivity index (χ0) is 18.2. The molecule has 0 aromatic heterocycles. The fourth-order valence-electron chi connectivity index (χ4n) is 2.52. The molecule has 4 nitrogen and oxygen atoms in total. The number of benzene rings is 2. The molecule has 25 heavy (non-hydrogen) atoms. The van der Waals surface area contributed by atoms with Gasteiger partial charge in [-0.15, -0.1) is 0 Å². The second kappa shape index (κ2) is 9.33. The van der Waals surface area contributed by atoms with Crippen LogP contribution in [0.25, 0.3) is 0 Å². The molecule has 134 valence electrons. The number of rotatable bonds is 9. The van der Waals surface area contributed by atoms with E-state index in [-0.39, 0.29) is 17.1 Å². The number of Topliss-reactive ketones (excluding diaryl/α,β-unsaturated/α-hetero) is 1. The minimum atomic E-state index is -0.223. The smallest absolute Gasteiger partial charge is 0.163 e. The third-order valence-electron chi connectivity index (χ3n) is 3.73. The molecule has 0 atom stereocenters. The lowest BCUT2D eigenvalue weighted by molar-refractivity contribution is 0.101. The highest BCUT2D eigenvalue weighted by Gasteiger charge is 2.19. The standard InChI is InChI=1S/C20H23ClO4/c1-3-8-16-19(23)17(14(2)22)13-18(21)20(16)25-12-7-11-24-15-9-5-4-6-10-15/h4-6,9-10,13,23H,3,7-8,11-12H2,1-2H3. The predicted molar refractivity (Wildman–Crippen MR) is 99.2 cm³/mol. The number of ketones is 1. The van der Waals surface area contributed by atoms with Gasteiger partial charge in [-0.25, -0.2) is 0 Å². The van der Waals surface area contributed by atoms with Crippen LogP contribution in [0.5, 0.6) is 17.2 Å². The monoisotopic (exact) mass is 362 g/mol. The lowest BCUT2D eigenvalue weighted by Gasteiger charge is -2.16. The Hall–Kier alpha value is -2.20. The average Bonchev–Trinajstić information content (AvgIpc) is 2.60. The maximum atomic E-state index is 11.6. The average molecular weight is 363 g/mol. The first-order valence-corrected chi connectivity index (χ1v) is 8.78. The van der Waals surface area contributed by atoms with Crippen LogP contribution in [0.2, 0.25) is 5.02 Å². The number of carbonyl (C=O) groups excluding carboxylic acids is 1. The van der Waals surface area contributed by atoms with Crippen LogP contribution in [0, 0.1) is 0 Å². The molecule has 2 aromatic rings. The van der Waals surface area contributed by atoms with Crippen LogP contribution in [0.1, 0.15) is 42.6 Å². The molecule has 1 N–H and O–H groups in total. The first-order valence-electron chi connectivity index (χ1n) is 8.40. The van der Waals surface area contributed by atoms with Crippen molar-refractivity contribution >= 4 is 17.4 Å². The molecular weight excluding hydrogens is 340 g/mol. The first kappa shape index (κ1) is 19.1. The topological polar surface area (TPSA) is 55.8 Å². The summed E-state index contributed by atoms with van der Waals surface area (Å²) in [5, 5.41) is 10.7. The summed E-state index contributed by atoms with van der Waals surface area (Å²) in [4.78, 5) is 11.6. The summed E-state index contributed by atoms with van der Waals surface area (Å²) in [6.07, 6.45) is 2.06. The number of halogens is 1. The Labute approximate surface area is 153 Å². The lowest BCUT2D eigenvalue weighted by atomic mass is 10.0. The Morgan fingerprint density at radius 2 is 1.84 bits per heavy atom. The Bertz CT molecular complexity index is 713. The molecule has 0 saturated heterocycles. The van der Waals surface area contributed by atoms with Gasteiger partial charge in [0.05, 0.1) is 23.8 Å². The van der Waals surface area contributed by atoms with Crippen LogP contribution in [0.4, 0.5) is 0 Å². The minimum Gasteiger partial charge on any atom is -0.507 e. The summed E-state index contributed by atoms with van der Waals surface area (Å²) < 4.78 is 11.4. The van der Waals surface area contributed by atoms with E-state index in [0.717, 1.165) is 12.2 Å². The van der Waals surface area contributed by atoms with Gasteiger partial charge < -0.3 is 14.6 Å². The van der Waals surface area contributed by atoms with Crippen molar-refractivity contribution in [3.05, 3.63) is 52.5 Å². The summed E-state index contributed by atoms with van der Waals surface area (Å²) in [5.41, 5.74) is 0.817. The van der Waals surface area contributed by atoms with E-state index in [1.54, 1.807) is 0 Å². The minimum absolute atomic E-state index is 0.0331. The van der Waals surface area contributed by atoms with Crippen molar-refractivity contribution in [2.75, 3.05) is 13.2 Å². The molecule has 0 bridgehead atoms. The molecule has 0 amide bonds. The van der Waals surface area contributed by atoms with Gasteiger partial charge in [-0.1, -0.05) is 43.1 Å². The molecule has 0 unspecified atom stereocenters. The highest BCUT2D eigenvalue weighted by Crippen LogP contribution is 2.39. The molecule has 0 heterocycles. The van der Waals surface area contributed by atoms with Crippen molar-refractivity contribution in [1.29, 1.82) is 0 Å². The van der Waals surface area contributed by atoms with Crippen LogP contribution < -0.4 is 9.47 Å². The van der Waals surface area contributed by atoms with Crippen molar-refractivity contribution < 1.29 is 19.4 Å². The Morgan fingerprint density at radius 1 is 1.16 bits per heavy atom. The van der Waals surface area contributed by atoms with E-state index in [1.165, 1.54) is 13.0 Å². The summed E-state index contributed by atoms with van der Waals surface area (Å²) in [7, 11) is 0. The maximum Gasteiger partial charge on any atom is 0.163 e. The van der Waals surface area contributed by atoms with E-state index in [9.17, 15) is 9.90 Å². The summed E-state index contributed by atoms with van der Waals surface area (Å²) in [6, 6.07) is 11.0. The highest BCUT2D eigenvalue weighted by molar-refractivity contribution is 6.32. The lowest BCUT2D eigenvalue weighted by Crippen LogP contribution is -2.08. The van der Waals surface area contributed by atoms with Gasteiger partial charge in [-0.3, -0.25) is 4.79 Å². The van der Waals surface area contributed by atoms with Gasteiger partial charge in [0.1, 0.15) is 17.2 Å². The van der Waals surface area contributed by atoms with Crippen molar-refractivity contribution in [3.8, 4) is 17.2 Å². The summed E-state index contributed by atoms with van der Waals surface area (Å²) in [5.74, 6) is 1.01. The predicted octanol–water partition coefficient (Wildman–Crippen LogP) is 5.05. The Morgan fingerprint density at radius 3 is 2.48 bits per heavy atom. The molecule has 0 spiro atoms. The molecule has 0 radical (unpaired) electrons. The van der Waals surface area contributed by atoms with Crippen molar-refractivity contribution in [2.45, 2.75) is 33.1 Å². The molecule has 2 rings (SSSR count). The van der Waals surface area contributed by atoms with Gasteiger partial charge in [0.2, 0.25) is 0 Å².